The van der Waals surface area contributed by atoms with Crippen LogP contribution in [0.3, 0.4) is 0 Å². The van der Waals surface area contributed by atoms with Gasteiger partial charge in [-0.25, -0.2) is 0 Å². The lowest BCUT2D eigenvalue weighted by Crippen LogP contribution is -2.10. The van der Waals surface area contributed by atoms with Crippen LogP contribution < -0.4 is 4.90 Å². The molecule has 0 N–H and O–H groups in total. The van der Waals surface area contributed by atoms with Crippen molar-refractivity contribution in [2.45, 2.75) is 0 Å². The fourth-order valence-electron chi connectivity index (χ4n) is 7.04. The Labute approximate surface area is 279 Å². The Balaban J connectivity index is 1.21. The van der Waals surface area contributed by atoms with Crippen molar-refractivity contribution in [2.75, 3.05) is 4.90 Å². The molecule has 3 aromatic heterocycles. The Kier molecular flexibility index (Phi) is 5.95. The number of thiophene rings is 2. The lowest BCUT2D eigenvalue weighted by molar-refractivity contribution is 1.29. The molecule has 0 bridgehead atoms. The summed E-state index contributed by atoms with van der Waals surface area (Å²) in [4.78, 5) is 6.75. The van der Waals surface area contributed by atoms with Gasteiger partial charge in [0.2, 0.25) is 0 Å². The van der Waals surface area contributed by atoms with Gasteiger partial charge in [-0.3, -0.25) is 4.98 Å². The summed E-state index contributed by atoms with van der Waals surface area (Å²) in [6.07, 6.45) is 3.74. The molecule has 10 aromatic rings. The smallest absolute Gasteiger partial charge is 0.0468 e. The zero-order valence-corrected chi connectivity index (χ0v) is 26.9. The number of hydrogen-bond donors (Lipinski definition) is 0. The van der Waals surface area contributed by atoms with Crippen LogP contribution in [0, 0.1) is 0 Å². The summed E-state index contributed by atoms with van der Waals surface area (Å²) in [6, 6.07) is 53.4. The van der Waals surface area contributed by atoms with Crippen molar-refractivity contribution in [1.82, 2.24) is 4.98 Å². The number of rotatable bonds is 4. The van der Waals surface area contributed by atoms with Crippen molar-refractivity contribution in [3.8, 4) is 11.1 Å². The summed E-state index contributed by atoms with van der Waals surface area (Å²) >= 11 is 3.77. The predicted octanol–water partition coefficient (Wildman–Crippen LogP) is 13.3. The van der Waals surface area contributed by atoms with Gasteiger partial charge in [-0.1, -0.05) is 91.0 Å². The molecule has 0 saturated heterocycles. The lowest BCUT2D eigenvalue weighted by atomic mass is 10.0. The predicted molar refractivity (Wildman–Crippen MR) is 205 cm³/mol. The molecule has 0 aliphatic heterocycles. The monoisotopic (exact) mass is 634 g/mol. The van der Waals surface area contributed by atoms with Gasteiger partial charge in [0.05, 0.1) is 0 Å². The Morgan fingerprint density at radius 2 is 0.936 bits per heavy atom. The van der Waals surface area contributed by atoms with Crippen molar-refractivity contribution in [1.29, 1.82) is 0 Å². The molecule has 7 aromatic carbocycles. The minimum Gasteiger partial charge on any atom is -0.310 e. The Morgan fingerprint density at radius 1 is 0.404 bits per heavy atom. The molecule has 47 heavy (non-hydrogen) atoms. The Morgan fingerprint density at radius 3 is 1.49 bits per heavy atom. The van der Waals surface area contributed by atoms with E-state index in [2.05, 4.69) is 149 Å². The second-order valence-corrected chi connectivity index (χ2v) is 14.1. The fourth-order valence-corrected chi connectivity index (χ4v) is 9.50. The minimum absolute atomic E-state index is 1.11. The molecule has 0 fully saturated rings. The number of nitrogens with zero attached hydrogens (tertiary/aromatic N) is 2. The van der Waals surface area contributed by atoms with E-state index >= 15 is 0 Å². The first kappa shape index (κ1) is 26.6. The van der Waals surface area contributed by atoms with E-state index in [-0.39, 0.29) is 0 Å². The summed E-state index contributed by atoms with van der Waals surface area (Å²) in [5.41, 5.74) is 5.65. The zero-order valence-electron chi connectivity index (χ0n) is 25.2. The van der Waals surface area contributed by atoms with Crippen molar-refractivity contribution in [3.63, 3.8) is 0 Å². The van der Waals surface area contributed by atoms with Gasteiger partial charge in [-0.15, -0.1) is 22.7 Å². The Bertz CT molecular complexity index is 2640. The summed E-state index contributed by atoms with van der Waals surface area (Å²) in [5.74, 6) is 0. The van der Waals surface area contributed by atoms with Crippen LogP contribution >= 0.6 is 22.7 Å². The maximum Gasteiger partial charge on any atom is 0.0468 e. The highest BCUT2D eigenvalue weighted by Gasteiger charge is 2.17. The zero-order chi connectivity index (χ0) is 30.9. The van der Waals surface area contributed by atoms with Gasteiger partial charge >= 0.3 is 0 Å². The second-order valence-electron chi connectivity index (χ2n) is 12.0. The molecular weight excluding hydrogens is 609 g/mol. The van der Waals surface area contributed by atoms with Gasteiger partial charge in [0.1, 0.15) is 0 Å². The first-order chi connectivity index (χ1) is 23.3. The van der Waals surface area contributed by atoms with Crippen LogP contribution in [0.2, 0.25) is 0 Å². The third-order valence-corrected chi connectivity index (χ3v) is 11.8. The molecule has 0 atom stereocenters. The maximum absolute atomic E-state index is 4.34. The number of pyridine rings is 1. The molecular formula is C43H26N2S2. The number of fused-ring (bicyclic) bond motifs is 10. The molecule has 0 unspecified atom stereocenters. The molecule has 0 aliphatic rings. The van der Waals surface area contributed by atoms with E-state index in [1.807, 2.05) is 41.1 Å². The van der Waals surface area contributed by atoms with Crippen LogP contribution in [0.1, 0.15) is 0 Å². The molecule has 220 valence electrons. The van der Waals surface area contributed by atoms with E-state index in [1.165, 1.54) is 61.9 Å². The van der Waals surface area contributed by atoms with Crippen LogP contribution in [0.5, 0.6) is 0 Å². The highest BCUT2D eigenvalue weighted by molar-refractivity contribution is 7.27. The molecule has 2 nitrogen and oxygen atoms in total. The molecule has 4 heteroatoms. The van der Waals surface area contributed by atoms with E-state index in [4.69, 9.17) is 0 Å². The average Bonchev–Trinajstić information content (AvgIpc) is 3.72. The normalized spacial score (nSPS) is 11.8. The van der Waals surface area contributed by atoms with Crippen molar-refractivity contribution < 1.29 is 0 Å². The molecule has 3 heterocycles. The van der Waals surface area contributed by atoms with Crippen molar-refractivity contribution >= 4 is 102 Å². The van der Waals surface area contributed by atoms with Crippen molar-refractivity contribution in [2.24, 2.45) is 0 Å². The number of aromatic nitrogens is 1. The van der Waals surface area contributed by atoms with Gasteiger partial charge in [0.25, 0.3) is 0 Å². The minimum atomic E-state index is 1.11. The van der Waals surface area contributed by atoms with Crippen LogP contribution in [-0.2, 0) is 0 Å². The number of hydrogen-bond acceptors (Lipinski definition) is 4. The summed E-state index contributed by atoms with van der Waals surface area (Å²) < 4.78 is 5.32. The van der Waals surface area contributed by atoms with Crippen molar-refractivity contribution in [3.05, 3.63) is 158 Å². The molecule has 0 spiro atoms. The fraction of sp³-hybridized carbons (Fsp3) is 0. The topological polar surface area (TPSA) is 16.1 Å². The van der Waals surface area contributed by atoms with E-state index in [0.29, 0.717) is 0 Å². The highest BCUT2D eigenvalue weighted by atomic mass is 32.1. The SMILES string of the molecule is c1cncc(-c2ccc(N(c3ccc4ccc5c6ccccc6sc5c4c3)c3ccc4ccc5c6ccccc6sc5c4c3)cc2)c1. The maximum atomic E-state index is 4.34. The third-order valence-electron chi connectivity index (χ3n) is 9.33. The van der Waals surface area contributed by atoms with Gasteiger partial charge in [0.15, 0.2) is 0 Å². The molecule has 10 rings (SSSR count). The summed E-state index contributed by atoms with van der Waals surface area (Å²) in [5, 5.41) is 10.4. The largest absolute Gasteiger partial charge is 0.310 e. The Hall–Kier alpha value is -5.55. The quantitative estimate of drug-likeness (QED) is 0.191. The molecule has 0 amide bonds. The third kappa shape index (κ3) is 4.26. The number of anilines is 3. The van der Waals surface area contributed by atoms with Crippen LogP contribution in [-0.4, -0.2) is 4.98 Å². The van der Waals surface area contributed by atoms with Crippen LogP contribution in [0.15, 0.2) is 158 Å². The second kappa shape index (κ2) is 10.5. The van der Waals surface area contributed by atoms with Gasteiger partial charge in [-0.2, -0.15) is 0 Å². The number of benzene rings is 7. The first-order valence-corrected chi connectivity index (χ1v) is 17.4. The average molecular weight is 635 g/mol. The van der Waals surface area contributed by atoms with Gasteiger partial charge in [0, 0.05) is 80.6 Å². The van der Waals surface area contributed by atoms with E-state index < -0.39 is 0 Å². The molecule has 0 radical (unpaired) electrons. The van der Waals surface area contributed by atoms with Gasteiger partial charge in [-0.05, 0) is 76.5 Å². The van der Waals surface area contributed by atoms with Gasteiger partial charge < -0.3 is 4.90 Å². The standard InChI is InChI=1S/C43H26N2S2/c1-3-9-40-34(7-1)36-21-15-28-13-19-32(24-38(28)42(36)46-40)45(31-17-11-27(12-18-31)30-6-5-23-44-26-30)33-20-14-29-16-22-37-35-8-2-4-10-41(35)47-43(37)39(29)25-33/h1-26H. The molecule has 0 saturated carbocycles. The molecule has 0 aliphatic carbocycles. The van der Waals surface area contributed by atoms with E-state index in [1.54, 1.807) is 0 Å². The summed E-state index contributed by atoms with van der Waals surface area (Å²) in [6.45, 7) is 0. The first-order valence-electron chi connectivity index (χ1n) is 15.8. The van der Waals surface area contributed by atoms with E-state index in [0.717, 1.165) is 28.2 Å². The highest BCUT2D eigenvalue weighted by Crippen LogP contribution is 2.44. The lowest BCUT2D eigenvalue weighted by Gasteiger charge is -2.26. The summed E-state index contributed by atoms with van der Waals surface area (Å²) in [7, 11) is 0. The van der Waals surface area contributed by atoms with Crippen LogP contribution in [0.25, 0.3) is 73.0 Å². The van der Waals surface area contributed by atoms with E-state index in [9.17, 15) is 0 Å². The van der Waals surface area contributed by atoms with Crippen LogP contribution in [0.4, 0.5) is 17.1 Å².